The number of benzene rings is 1. The minimum absolute atomic E-state index is 0.343. The maximum Gasteiger partial charge on any atom is 0.0920 e. The molecule has 1 atom stereocenters. The Morgan fingerprint density at radius 2 is 2.31 bits per heavy atom. The van der Waals surface area contributed by atoms with Crippen LogP contribution in [0.5, 0.6) is 0 Å². The number of fused-ring (bicyclic) bond motifs is 1. The van der Waals surface area contributed by atoms with Gasteiger partial charge in [-0.05, 0) is 42.8 Å². The maximum absolute atomic E-state index is 9.79. The molecule has 2 rings (SSSR count). The van der Waals surface area contributed by atoms with Crippen molar-refractivity contribution in [3.63, 3.8) is 0 Å². The zero-order valence-corrected chi connectivity index (χ0v) is 8.04. The monoisotopic (exact) mass is 176 g/mol. The molecule has 1 aromatic carbocycles. The Bertz CT molecular complexity index is 322. The van der Waals surface area contributed by atoms with E-state index >= 15 is 0 Å². The first kappa shape index (κ1) is 8.73. The molecule has 69 valence electrons. The Morgan fingerprint density at radius 1 is 1.54 bits per heavy atom. The molecule has 0 aromatic heterocycles. The minimum Gasteiger partial charge on any atom is -0.387 e. The van der Waals surface area contributed by atoms with Crippen LogP contribution in [0.15, 0.2) is 12.1 Å². The van der Waals surface area contributed by atoms with E-state index in [-0.39, 0.29) is 6.10 Å². The highest BCUT2D eigenvalue weighted by Gasteiger charge is 2.21. The fraction of sp³-hybridized carbons (Fsp3) is 0.455. The van der Waals surface area contributed by atoms with E-state index in [0.717, 1.165) is 18.7 Å². The first-order valence-corrected chi connectivity index (χ1v) is 4.54. The van der Waals surface area contributed by atoms with Crippen LogP contribution in [0.4, 0.5) is 0 Å². The van der Waals surface area contributed by atoms with Crippen molar-refractivity contribution in [2.24, 2.45) is 0 Å². The Hall–Kier alpha value is -0.860. The van der Waals surface area contributed by atoms with Crippen LogP contribution in [0.1, 0.15) is 22.8 Å². The summed E-state index contributed by atoms with van der Waals surface area (Å²) in [6.45, 7) is 3.73. The van der Waals surface area contributed by atoms with E-state index in [9.17, 15) is 5.11 Å². The summed E-state index contributed by atoms with van der Waals surface area (Å²) in [7, 11) is 2.03. The van der Waals surface area contributed by atoms with Crippen LogP contribution in [-0.4, -0.2) is 23.6 Å². The summed E-state index contributed by atoms with van der Waals surface area (Å²) >= 11 is 0. The summed E-state index contributed by atoms with van der Waals surface area (Å²) in [6, 6.07) is 6.94. The van der Waals surface area contributed by atoms with E-state index in [2.05, 4.69) is 17.9 Å². The maximum atomic E-state index is 9.79. The minimum atomic E-state index is -0.343. The quantitative estimate of drug-likeness (QED) is 0.643. The molecule has 1 unspecified atom stereocenters. The standard InChI is InChI=1S/C11H14NO/c1-8-4-3-5-9-10(8)6-12(2)7-11(9)13/h4-5,11,13H,6-7H2,1-2H3. The molecule has 2 heteroatoms. The molecule has 13 heavy (non-hydrogen) atoms. The first-order valence-electron chi connectivity index (χ1n) is 4.54. The van der Waals surface area contributed by atoms with Gasteiger partial charge in [0.05, 0.1) is 6.10 Å². The summed E-state index contributed by atoms with van der Waals surface area (Å²) in [5.74, 6) is 0. The van der Waals surface area contributed by atoms with Crippen LogP contribution in [0.3, 0.4) is 0 Å². The molecule has 0 bridgehead atoms. The molecule has 1 aromatic rings. The summed E-state index contributed by atoms with van der Waals surface area (Å²) in [5, 5.41) is 9.79. The lowest BCUT2D eigenvalue weighted by atomic mass is 9.94. The Balaban J connectivity index is 2.49. The molecule has 0 spiro atoms. The molecule has 0 amide bonds. The van der Waals surface area contributed by atoms with Crippen LogP contribution in [-0.2, 0) is 6.54 Å². The van der Waals surface area contributed by atoms with Crippen LogP contribution in [0, 0.1) is 13.0 Å². The lowest BCUT2D eigenvalue weighted by molar-refractivity contribution is 0.107. The molecular formula is C11H14NO. The molecule has 0 saturated heterocycles. The predicted molar refractivity (Wildman–Crippen MR) is 51.3 cm³/mol. The van der Waals surface area contributed by atoms with E-state index in [1.807, 2.05) is 19.2 Å². The lowest BCUT2D eigenvalue weighted by Gasteiger charge is -2.30. The van der Waals surface area contributed by atoms with Crippen LogP contribution >= 0.6 is 0 Å². The highest BCUT2D eigenvalue weighted by atomic mass is 16.3. The zero-order chi connectivity index (χ0) is 9.42. The van der Waals surface area contributed by atoms with Crippen molar-refractivity contribution >= 4 is 0 Å². The number of aliphatic hydroxyl groups excluding tert-OH is 1. The van der Waals surface area contributed by atoms with E-state index in [1.54, 1.807) is 0 Å². The van der Waals surface area contributed by atoms with Gasteiger partial charge in [-0.1, -0.05) is 6.07 Å². The number of nitrogens with zero attached hydrogens (tertiary/aromatic N) is 1. The molecule has 2 nitrogen and oxygen atoms in total. The second-order valence-electron chi connectivity index (χ2n) is 3.78. The van der Waals surface area contributed by atoms with Gasteiger partial charge in [-0.3, -0.25) is 4.90 Å². The number of aliphatic hydroxyl groups is 1. The summed E-state index contributed by atoms with van der Waals surface area (Å²) in [5.41, 5.74) is 3.54. The van der Waals surface area contributed by atoms with E-state index in [4.69, 9.17) is 0 Å². The second-order valence-corrected chi connectivity index (χ2v) is 3.78. The van der Waals surface area contributed by atoms with Gasteiger partial charge in [0.1, 0.15) is 0 Å². The van der Waals surface area contributed by atoms with Crippen LogP contribution in [0.2, 0.25) is 0 Å². The van der Waals surface area contributed by atoms with Crippen molar-refractivity contribution in [3.05, 3.63) is 34.9 Å². The van der Waals surface area contributed by atoms with Crippen molar-refractivity contribution in [1.29, 1.82) is 0 Å². The normalized spacial score (nSPS) is 22.8. The highest BCUT2D eigenvalue weighted by Crippen LogP contribution is 2.27. The third kappa shape index (κ3) is 1.47. The molecule has 1 heterocycles. The number of hydrogen-bond acceptors (Lipinski definition) is 2. The fourth-order valence-electron chi connectivity index (χ4n) is 1.90. The Morgan fingerprint density at radius 3 is 3.08 bits per heavy atom. The van der Waals surface area contributed by atoms with Crippen LogP contribution < -0.4 is 0 Å². The number of likely N-dealkylation sites (N-methyl/N-ethyl adjacent to an activating group) is 1. The topological polar surface area (TPSA) is 23.5 Å². The second kappa shape index (κ2) is 3.13. The van der Waals surface area contributed by atoms with Crippen molar-refractivity contribution < 1.29 is 5.11 Å². The first-order chi connectivity index (χ1) is 6.18. The van der Waals surface area contributed by atoms with Crippen molar-refractivity contribution in [1.82, 2.24) is 4.90 Å². The zero-order valence-electron chi connectivity index (χ0n) is 8.04. The fourth-order valence-corrected chi connectivity index (χ4v) is 1.90. The van der Waals surface area contributed by atoms with Crippen molar-refractivity contribution in [2.45, 2.75) is 19.6 Å². The third-order valence-corrected chi connectivity index (χ3v) is 2.63. The van der Waals surface area contributed by atoms with Gasteiger partial charge in [0.15, 0.2) is 0 Å². The van der Waals surface area contributed by atoms with Crippen LogP contribution in [0.25, 0.3) is 0 Å². The number of rotatable bonds is 0. The van der Waals surface area contributed by atoms with E-state index in [1.165, 1.54) is 11.1 Å². The molecule has 1 aliphatic heterocycles. The van der Waals surface area contributed by atoms with Gasteiger partial charge >= 0.3 is 0 Å². The third-order valence-electron chi connectivity index (χ3n) is 2.63. The number of hydrogen-bond donors (Lipinski definition) is 1. The molecule has 1 N–H and O–H groups in total. The average molecular weight is 176 g/mol. The van der Waals surface area contributed by atoms with E-state index < -0.39 is 0 Å². The highest BCUT2D eigenvalue weighted by molar-refractivity contribution is 5.36. The van der Waals surface area contributed by atoms with Gasteiger partial charge < -0.3 is 5.11 Å². The number of β-amino-alcohol motifs (C(OH)–C–C–N with tert-alkyl or cyclic N) is 1. The molecule has 0 aliphatic carbocycles. The molecule has 1 radical (unpaired) electrons. The average Bonchev–Trinajstić information content (AvgIpc) is 2.07. The summed E-state index contributed by atoms with van der Waals surface area (Å²) in [6.07, 6.45) is -0.343. The predicted octanol–water partition coefficient (Wildman–Crippen LogP) is 1.27. The molecule has 0 saturated carbocycles. The van der Waals surface area contributed by atoms with Gasteiger partial charge in [-0.15, -0.1) is 0 Å². The molecule has 1 aliphatic rings. The van der Waals surface area contributed by atoms with Gasteiger partial charge in [-0.25, -0.2) is 0 Å². The smallest absolute Gasteiger partial charge is 0.0920 e. The Kier molecular flexibility index (Phi) is 2.10. The van der Waals surface area contributed by atoms with Gasteiger partial charge in [0.25, 0.3) is 0 Å². The summed E-state index contributed by atoms with van der Waals surface area (Å²) < 4.78 is 0. The van der Waals surface area contributed by atoms with Crippen molar-refractivity contribution in [3.8, 4) is 0 Å². The van der Waals surface area contributed by atoms with Gasteiger partial charge in [0, 0.05) is 13.1 Å². The van der Waals surface area contributed by atoms with E-state index in [0.29, 0.717) is 0 Å². The molecular weight excluding hydrogens is 162 g/mol. The van der Waals surface area contributed by atoms with Gasteiger partial charge in [-0.2, -0.15) is 0 Å². The number of aryl methyl sites for hydroxylation is 1. The Labute approximate surface area is 78.8 Å². The molecule has 0 fully saturated rings. The largest absolute Gasteiger partial charge is 0.387 e. The lowest BCUT2D eigenvalue weighted by Crippen LogP contribution is -2.30. The summed E-state index contributed by atoms with van der Waals surface area (Å²) in [4.78, 5) is 2.14. The van der Waals surface area contributed by atoms with Gasteiger partial charge in [0.2, 0.25) is 0 Å². The SMILES string of the molecule is Cc1c[c]cc2c1CN(C)CC2O. The van der Waals surface area contributed by atoms with Crippen molar-refractivity contribution in [2.75, 3.05) is 13.6 Å².